The SMILES string of the molecule is CCc1cccc(C)c1NC(=O)CSc1n[nH]c(COc2ccccc2C)n1. The minimum atomic E-state index is -0.0727. The second-order valence-corrected chi connectivity index (χ2v) is 7.36. The van der Waals surface area contributed by atoms with E-state index in [4.69, 9.17) is 4.74 Å². The first-order chi connectivity index (χ1) is 13.6. The van der Waals surface area contributed by atoms with Crippen LogP contribution in [-0.2, 0) is 17.8 Å². The average Bonchev–Trinajstić information content (AvgIpc) is 3.15. The summed E-state index contributed by atoms with van der Waals surface area (Å²) in [5, 5.41) is 10.5. The van der Waals surface area contributed by atoms with Crippen molar-refractivity contribution < 1.29 is 9.53 Å². The summed E-state index contributed by atoms with van der Waals surface area (Å²) in [6, 6.07) is 13.9. The maximum atomic E-state index is 12.3. The predicted octanol–water partition coefficient (Wildman–Crippen LogP) is 4.29. The van der Waals surface area contributed by atoms with Gasteiger partial charge in [-0.15, -0.1) is 5.10 Å². The van der Waals surface area contributed by atoms with Crippen molar-refractivity contribution in [3.05, 3.63) is 65.0 Å². The molecule has 0 bridgehead atoms. The first-order valence-electron chi connectivity index (χ1n) is 9.17. The molecule has 28 heavy (non-hydrogen) atoms. The number of ether oxygens (including phenoxy) is 1. The lowest BCUT2D eigenvalue weighted by atomic mass is 10.1. The summed E-state index contributed by atoms with van der Waals surface area (Å²) in [6.07, 6.45) is 0.871. The highest BCUT2D eigenvalue weighted by Crippen LogP contribution is 2.22. The number of nitrogens with zero attached hydrogens (tertiary/aromatic N) is 2. The standard InChI is InChI=1S/C21H24N4O2S/c1-4-16-10-7-9-15(3)20(16)23-19(26)13-28-21-22-18(24-25-21)12-27-17-11-6-5-8-14(17)2/h5-11H,4,12-13H2,1-3H3,(H,23,26)(H,22,24,25). The van der Waals surface area contributed by atoms with E-state index < -0.39 is 0 Å². The molecule has 2 aromatic carbocycles. The maximum Gasteiger partial charge on any atom is 0.234 e. The van der Waals surface area contributed by atoms with Gasteiger partial charge in [0.1, 0.15) is 12.4 Å². The van der Waals surface area contributed by atoms with Crippen LogP contribution < -0.4 is 10.1 Å². The van der Waals surface area contributed by atoms with Gasteiger partial charge in [-0.3, -0.25) is 9.89 Å². The van der Waals surface area contributed by atoms with Crippen molar-refractivity contribution in [3.63, 3.8) is 0 Å². The van der Waals surface area contributed by atoms with Crippen molar-refractivity contribution in [2.75, 3.05) is 11.1 Å². The van der Waals surface area contributed by atoms with Crippen LogP contribution >= 0.6 is 11.8 Å². The monoisotopic (exact) mass is 396 g/mol. The molecule has 0 atom stereocenters. The van der Waals surface area contributed by atoms with Crippen LogP contribution in [0.3, 0.4) is 0 Å². The molecule has 6 nitrogen and oxygen atoms in total. The molecular weight excluding hydrogens is 372 g/mol. The summed E-state index contributed by atoms with van der Waals surface area (Å²) in [5.41, 5.74) is 4.16. The topological polar surface area (TPSA) is 79.9 Å². The van der Waals surface area contributed by atoms with Crippen molar-refractivity contribution in [2.24, 2.45) is 0 Å². The molecule has 146 valence electrons. The summed E-state index contributed by atoms with van der Waals surface area (Å²) in [5.74, 6) is 1.61. The average molecular weight is 397 g/mol. The molecule has 2 N–H and O–H groups in total. The fourth-order valence-corrected chi connectivity index (χ4v) is 3.40. The summed E-state index contributed by atoms with van der Waals surface area (Å²) >= 11 is 1.29. The van der Waals surface area contributed by atoms with E-state index in [2.05, 4.69) is 27.4 Å². The van der Waals surface area contributed by atoms with Crippen molar-refractivity contribution in [3.8, 4) is 5.75 Å². The van der Waals surface area contributed by atoms with E-state index in [1.54, 1.807) is 0 Å². The van der Waals surface area contributed by atoms with Gasteiger partial charge in [-0.1, -0.05) is 55.1 Å². The molecule has 0 aliphatic heterocycles. The zero-order chi connectivity index (χ0) is 19.9. The molecular formula is C21H24N4O2S. The third kappa shape index (κ3) is 5.13. The number of amides is 1. The highest BCUT2D eigenvalue weighted by molar-refractivity contribution is 7.99. The van der Waals surface area contributed by atoms with Crippen LogP contribution in [0, 0.1) is 13.8 Å². The Balaban J connectivity index is 1.52. The number of aromatic amines is 1. The van der Waals surface area contributed by atoms with Gasteiger partial charge >= 0.3 is 0 Å². The van der Waals surface area contributed by atoms with Gasteiger partial charge in [-0.05, 0) is 43.0 Å². The van der Waals surface area contributed by atoms with Crippen LogP contribution in [-0.4, -0.2) is 26.8 Å². The van der Waals surface area contributed by atoms with E-state index in [9.17, 15) is 4.79 Å². The summed E-state index contributed by atoms with van der Waals surface area (Å²) in [4.78, 5) is 16.7. The Morgan fingerprint density at radius 1 is 1.14 bits per heavy atom. The number of aromatic nitrogens is 3. The lowest BCUT2D eigenvalue weighted by molar-refractivity contribution is -0.113. The van der Waals surface area contributed by atoms with Crippen molar-refractivity contribution in [1.82, 2.24) is 15.2 Å². The van der Waals surface area contributed by atoms with E-state index in [0.29, 0.717) is 17.6 Å². The van der Waals surface area contributed by atoms with Crippen molar-refractivity contribution >= 4 is 23.4 Å². The lowest BCUT2D eigenvalue weighted by Gasteiger charge is -2.12. The van der Waals surface area contributed by atoms with Gasteiger partial charge < -0.3 is 10.1 Å². The number of aryl methyl sites for hydroxylation is 3. The number of nitrogens with one attached hydrogen (secondary N) is 2. The second-order valence-electron chi connectivity index (χ2n) is 6.42. The number of hydrogen-bond acceptors (Lipinski definition) is 5. The van der Waals surface area contributed by atoms with Gasteiger partial charge in [0.25, 0.3) is 0 Å². The van der Waals surface area contributed by atoms with E-state index in [0.717, 1.165) is 34.5 Å². The molecule has 0 radical (unpaired) electrons. The Bertz CT molecular complexity index is 955. The van der Waals surface area contributed by atoms with Crippen LogP contribution in [0.25, 0.3) is 0 Å². The van der Waals surface area contributed by atoms with Gasteiger partial charge in [-0.2, -0.15) is 0 Å². The number of thioether (sulfide) groups is 1. The Hall–Kier alpha value is -2.80. The van der Waals surface area contributed by atoms with Gasteiger partial charge in [0.05, 0.1) is 5.75 Å². The third-order valence-corrected chi connectivity index (χ3v) is 5.15. The molecule has 3 rings (SSSR count). The van der Waals surface area contributed by atoms with Crippen LogP contribution in [0.1, 0.15) is 29.4 Å². The Kier molecular flexibility index (Phi) is 6.71. The molecule has 0 aliphatic carbocycles. The highest BCUT2D eigenvalue weighted by Gasteiger charge is 2.11. The molecule has 7 heteroatoms. The highest BCUT2D eigenvalue weighted by atomic mass is 32.2. The minimum Gasteiger partial charge on any atom is -0.485 e. The van der Waals surface area contributed by atoms with Gasteiger partial charge in [0.15, 0.2) is 5.82 Å². The molecule has 1 aromatic heterocycles. The quantitative estimate of drug-likeness (QED) is 0.555. The maximum absolute atomic E-state index is 12.3. The number of para-hydroxylation sites is 2. The van der Waals surface area contributed by atoms with Crippen LogP contribution in [0.2, 0.25) is 0 Å². The number of hydrogen-bond donors (Lipinski definition) is 2. The number of carbonyl (C=O) groups excluding carboxylic acids is 1. The molecule has 0 spiro atoms. The summed E-state index contributed by atoms with van der Waals surface area (Å²) < 4.78 is 5.76. The number of carbonyl (C=O) groups is 1. The molecule has 1 heterocycles. The minimum absolute atomic E-state index is 0.0727. The van der Waals surface area contributed by atoms with Gasteiger partial charge in [-0.25, -0.2) is 4.98 Å². The molecule has 0 saturated carbocycles. The molecule has 0 saturated heterocycles. The molecule has 3 aromatic rings. The number of rotatable bonds is 8. The van der Waals surface area contributed by atoms with E-state index in [-0.39, 0.29) is 11.7 Å². The van der Waals surface area contributed by atoms with E-state index in [1.807, 2.05) is 56.3 Å². The third-order valence-electron chi connectivity index (χ3n) is 4.31. The number of benzene rings is 2. The lowest BCUT2D eigenvalue weighted by Crippen LogP contribution is -2.16. The fraction of sp³-hybridized carbons (Fsp3) is 0.286. The molecule has 0 aliphatic rings. The predicted molar refractivity (Wildman–Crippen MR) is 112 cm³/mol. The fourth-order valence-electron chi connectivity index (χ4n) is 2.78. The first-order valence-corrected chi connectivity index (χ1v) is 10.2. The van der Waals surface area contributed by atoms with Gasteiger partial charge in [0, 0.05) is 5.69 Å². The van der Waals surface area contributed by atoms with Crippen LogP contribution in [0.5, 0.6) is 5.75 Å². The first kappa shape index (κ1) is 19.9. The van der Waals surface area contributed by atoms with Gasteiger partial charge in [0.2, 0.25) is 11.1 Å². The Morgan fingerprint density at radius 2 is 1.93 bits per heavy atom. The van der Waals surface area contributed by atoms with Crippen molar-refractivity contribution in [2.45, 2.75) is 39.0 Å². The molecule has 0 unspecified atom stereocenters. The smallest absolute Gasteiger partial charge is 0.234 e. The largest absolute Gasteiger partial charge is 0.485 e. The van der Waals surface area contributed by atoms with Crippen LogP contribution in [0.15, 0.2) is 47.6 Å². The summed E-state index contributed by atoms with van der Waals surface area (Å²) in [6.45, 7) is 6.37. The number of anilines is 1. The zero-order valence-electron chi connectivity index (χ0n) is 16.3. The van der Waals surface area contributed by atoms with Crippen molar-refractivity contribution in [1.29, 1.82) is 0 Å². The second kappa shape index (κ2) is 9.41. The van der Waals surface area contributed by atoms with E-state index >= 15 is 0 Å². The van der Waals surface area contributed by atoms with E-state index in [1.165, 1.54) is 11.8 Å². The zero-order valence-corrected chi connectivity index (χ0v) is 17.1. The molecule has 0 fully saturated rings. The number of H-pyrrole nitrogens is 1. The Labute approximate surface area is 169 Å². The van der Waals surface area contributed by atoms with Crippen LogP contribution in [0.4, 0.5) is 5.69 Å². The molecule has 1 amide bonds. The normalized spacial score (nSPS) is 10.7. The Morgan fingerprint density at radius 3 is 2.71 bits per heavy atom. The summed E-state index contributed by atoms with van der Waals surface area (Å²) in [7, 11) is 0.